The second-order valence-electron chi connectivity index (χ2n) is 4.22. The van der Waals surface area contributed by atoms with Crippen LogP contribution in [0.25, 0.3) is 0 Å². The number of nitrogens with zero attached hydrogens (tertiary/aromatic N) is 1. The van der Waals surface area contributed by atoms with Gasteiger partial charge in [-0.15, -0.1) is 0 Å². The van der Waals surface area contributed by atoms with Gasteiger partial charge in [0.2, 0.25) is 0 Å². The monoisotopic (exact) mass is 221 g/mol. The van der Waals surface area contributed by atoms with Crippen LogP contribution in [-0.2, 0) is 4.74 Å². The molecule has 2 aliphatic heterocycles. The molecule has 0 aliphatic carbocycles. The summed E-state index contributed by atoms with van der Waals surface area (Å²) >= 11 is 0. The van der Waals surface area contributed by atoms with E-state index in [0.29, 0.717) is 6.61 Å². The van der Waals surface area contributed by atoms with Gasteiger partial charge in [-0.2, -0.15) is 0 Å². The predicted octanol–water partition coefficient (Wildman–Crippen LogP) is 2.53. The molecule has 15 heavy (non-hydrogen) atoms. The molecule has 2 nitrogen and oxygen atoms in total. The molecule has 2 aliphatic rings. The SMILES string of the molecule is CC.COCC12CCCN1CC(F)(F)C2. The average Bonchev–Trinajstić information content (AvgIpc) is 2.60. The Kier molecular flexibility index (Phi) is 4.06. The second-order valence-corrected chi connectivity index (χ2v) is 4.22. The van der Waals surface area contributed by atoms with Crippen molar-refractivity contribution in [1.29, 1.82) is 0 Å². The summed E-state index contributed by atoms with van der Waals surface area (Å²) in [5.74, 6) is -2.50. The molecule has 0 radical (unpaired) electrons. The lowest BCUT2D eigenvalue weighted by Gasteiger charge is -2.29. The first-order valence-electron chi connectivity index (χ1n) is 5.70. The van der Waals surface area contributed by atoms with Gasteiger partial charge in [-0.25, -0.2) is 8.78 Å². The van der Waals surface area contributed by atoms with Crippen LogP contribution < -0.4 is 0 Å². The average molecular weight is 221 g/mol. The highest BCUT2D eigenvalue weighted by molar-refractivity contribution is 5.06. The third-order valence-electron chi connectivity index (χ3n) is 3.16. The van der Waals surface area contributed by atoms with Crippen LogP contribution in [0.2, 0.25) is 0 Å². The Balaban J connectivity index is 0.000000531. The fraction of sp³-hybridized carbons (Fsp3) is 1.00. The lowest BCUT2D eigenvalue weighted by atomic mass is 9.94. The zero-order valence-corrected chi connectivity index (χ0v) is 9.85. The molecule has 1 atom stereocenters. The topological polar surface area (TPSA) is 12.5 Å². The van der Waals surface area contributed by atoms with Crippen molar-refractivity contribution in [3.63, 3.8) is 0 Å². The number of hydrogen-bond donors (Lipinski definition) is 0. The minimum absolute atomic E-state index is 0.0200. The first kappa shape index (κ1) is 12.8. The number of rotatable bonds is 2. The predicted molar refractivity (Wildman–Crippen MR) is 56.3 cm³/mol. The van der Waals surface area contributed by atoms with Crippen molar-refractivity contribution in [1.82, 2.24) is 4.90 Å². The zero-order chi connectivity index (χ0) is 11.5. The standard InChI is InChI=1S/C9H15F2NO.C2H6/c1-13-7-8-3-2-4-12(8)6-9(10,11)5-8;1-2/h2-7H2,1H3;1-2H3. The normalized spacial score (nSPS) is 33.4. The molecule has 2 fully saturated rings. The van der Waals surface area contributed by atoms with Crippen LogP contribution in [-0.4, -0.2) is 43.2 Å². The summed E-state index contributed by atoms with van der Waals surface area (Å²) < 4.78 is 31.3. The van der Waals surface area contributed by atoms with E-state index in [2.05, 4.69) is 0 Å². The molecule has 4 heteroatoms. The van der Waals surface area contributed by atoms with Gasteiger partial charge in [0.15, 0.2) is 0 Å². The molecule has 0 aromatic rings. The van der Waals surface area contributed by atoms with Crippen LogP contribution in [0.4, 0.5) is 8.78 Å². The van der Waals surface area contributed by atoms with E-state index in [4.69, 9.17) is 4.74 Å². The second kappa shape index (κ2) is 4.74. The highest BCUT2D eigenvalue weighted by Crippen LogP contribution is 2.45. The van der Waals surface area contributed by atoms with Crippen LogP contribution in [0.3, 0.4) is 0 Å². The Morgan fingerprint density at radius 1 is 1.33 bits per heavy atom. The van der Waals surface area contributed by atoms with E-state index in [0.717, 1.165) is 19.4 Å². The Morgan fingerprint density at radius 2 is 2.00 bits per heavy atom. The van der Waals surface area contributed by atoms with Crippen molar-refractivity contribution < 1.29 is 13.5 Å². The first-order valence-corrected chi connectivity index (χ1v) is 5.70. The van der Waals surface area contributed by atoms with Gasteiger partial charge in [-0.05, 0) is 19.4 Å². The van der Waals surface area contributed by atoms with Crippen LogP contribution in [0.15, 0.2) is 0 Å². The van der Waals surface area contributed by atoms with Crippen molar-refractivity contribution in [2.45, 2.75) is 44.6 Å². The van der Waals surface area contributed by atoms with Crippen molar-refractivity contribution in [2.24, 2.45) is 0 Å². The number of methoxy groups -OCH3 is 1. The van der Waals surface area contributed by atoms with Gasteiger partial charge in [-0.1, -0.05) is 13.8 Å². The van der Waals surface area contributed by atoms with Crippen LogP contribution in [0.1, 0.15) is 33.1 Å². The maximum atomic E-state index is 13.1. The van der Waals surface area contributed by atoms with E-state index in [9.17, 15) is 8.78 Å². The molecule has 0 amide bonds. The van der Waals surface area contributed by atoms with Gasteiger partial charge < -0.3 is 4.74 Å². The zero-order valence-electron chi connectivity index (χ0n) is 9.85. The third kappa shape index (κ3) is 2.48. The minimum Gasteiger partial charge on any atom is -0.383 e. The maximum Gasteiger partial charge on any atom is 0.262 e. The molecule has 0 spiro atoms. The number of ether oxygens (including phenoxy) is 1. The Bertz CT molecular complexity index is 211. The lowest BCUT2D eigenvalue weighted by Crippen LogP contribution is -2.42. The van der Waals surface area contributed by atoms with Crippen molar-refractivity contribution in [3.05, 3.63) is 0 Å². The number of halogens is 2. The fourth-order valence-electron chi connectivity index (χ4n) is 2.74. The van der Waals surface area contributed by atoms with E-state index in [1.165, 1.54) is 0 Å². The molecule has 0 aromatic heterocycles. The Morgan fingerprint density at radius 3 is 2.60 bits per heavy atom. The summed E-state index contributed by atoms with van der Waals surface area (Å²) in [4.78, 5) is 1.90. The van der Waals surface area contributed by atoms with E-state index in [-0.39, 0.29) is 18.5 Å². The van der Waals surface area contributed by atoms with E-state index >= 15 is 0 Å². The van der Waals surface area contributed by atoms with Crippen molar-refractivity contribution in [2.75, 3.05) is 26.8 Å². The van der Waals surface area contributed by atoms with Gasteiger partial charge >= 0.3 is 0 Å². The largest absolute Gasteiger partial charge is 0.383 e. The highest BCUT2D eigenvalue weighted by atomic mass is 19.3. The molecule has 1 unspecified atom stereocenters. The molecule has 2 rings (SSSR count). The first-order chi connectivity index (χ1) is 7.08. The smallest absolute Gasteiger partial charge is 0.262 e. The number of fused-ring (bicyclic) bond motifs is 1. The summed E-state index contributed by atoms with van der Waals surface area (Å²) in [5.41, 5.74) is -0.349. The summed E-state index contributed by atoms with van der Waals surface area (Å²) in [5, 5.41) is 0. The van der Waals surface area contributed by atoms with Crippen LogP contribution in [0, 0.1) is 0 Å². The minimum atomic E-state index is -2.50. The number of alkyl halides is 2. The highest BCUT2D eigenvalue weighted by Gasteiger charge is 2.56. The molecule has 2 heterocycles. The molecular weight excluding hydrogens is 200 g/mol. The van der Waals surface area contributed by atoms with E-state index in [1.807, 2.05) is 18.7 Å². The van der Waals surface area contributed by atoms with Gasteiger partial charge in [0, 0.05) is 13.5 Å². The molecule has 0 saturated carbocycles. The summed E-state index contributed by atoms with van der Waals surface area (Å²) in [6.07, 6.45) is 1.86. The van der Waals surface area contributed by atoms with Crippen molar-refractivity contribution in [3.8, 4) is 0 Å². The molecule has 0 aromatic carbocycles. The summed E-state index contributed by atoms with van der Waals surface area (Å²) in [6, 6.07) is 0. The van der Waals surface area contributed by atoms with Crippen LogP contribution >= 0.6 is 0 Å². The van der Waals surface area contributed by atoms with Gasteiger partial charge in [0.25, 0.3) is 5.92 Å². The quantitative estimate of drug-likeness (QED) is 0.710. The number of hydrogen-bond acceptors (Lipinski definition) is 2. The van der Waals surface area contributed by atoms with Gasteiger partial charge in [-0.3, -0.25) is 4.90 Å². The molecular formula is C11H21F2NO. The third-order valence-corrected chi connectivity index (χ3v) is 3.16. The van der Waals surface area contributed by atoms with E-state index < -0.39 is 5.92 Å². The van der Waals surface area contributed by atoms with Crippen molar-refractivity contribution >= 4 is 0 Å². The molecule has 0 bridgehead atoms. The molecule has 2 saturated heterocycles. The fourth-order valence-corrected chi connectivity index (χ4v) is 2.74. The van der Waals surface area contributed by atoms with Gasteiger partial charge in [0.05, 0.1) is 18.7 Å². The summed E-state index contributed by atoms with van der Waals surface area (Å²) in [6.45, 7) is 5.18. The Labute approximate surface area is 90.6 Å². The summed E-state index contributed by atoms with van der Waals surface area (Å²) in [7, 11) is 1.59. The molecule has 90 valence electrons. The Hall–Kier alpha value is -0.220. The lowest BCUT2D eigenvalue weighted by molar-refractivity contribution is 0.00618. The van der Waals surface area contributed by atoms with E-state index in [1.54, 1.807) is 7.11 Å². The van der Waals surface area contributed by atoms with Crippen LogP contribution in [0.5, 0.6) is 0 Å². The maximum absolute atomic E-state index is 13.1. The van der Waals surface area contributed by atoms with Gasteiger partial charge in [0.1, 0.15) is 0 Å². The molecule has 0 N–H and O–H groups in total.